The van der Waals surface area contributed by atoms with E-state index < -0.39 is 0 Å². The molecule has 0 bridgehead atoms. The van der Waals surface area contributed by atoms with Gasteiger partial charge in [-0.05, 0) is 23.6 Å². The fraction of sp³-hybridized carbons (Fsp3) is 0.182. The van der Waals surface area contributed by atoms with Crippen LogP contribution in [0.4, 0.5) is 5.69 Å². The Balaban J connectivity index is 1.97. The highest BCUT2D eigenvalue weighted by Gasteiger charge is 2.17. The molecule has 2 aliphatic rings. The highest BCUT2D eigenvalue weighted by atomic mass is 32.2. The first kappa shape index (κ1) is 9.59. The summed E-state index contributed by atoms with van der Waals surface area (Å²) in [4.78, 5) is 11.2. The molecule has 2 aliphatic heterocycles. The standard InChI is InChI=1S/C11H10N2O2S/c14-11-4-15-10-2-1-7(3-8(10)13-11)9-5-16-6-12-9/h1-3,5,12H,4,6H2,(H,13,14). The van der Waals surface area contributed by atoms with Gasteiger partial charge in [0.25, 0.3) is 5.91 Å². The maximum absolute atomic E-state index is 11.2. The number of hydrogen-bond acceptors (Lipinski definition) is 4. The Morgan fingerprint density at radius 1 is 1.38 bits per heavy atom. The molecule has 2 N–H and O–H groups in total. The summed E-state index contributed by atoms with van der Waals surface area (Å²) in [5, 5.41) is 8.14. The van der Waals surface area contributed by atoms with Crippen molar-refractivity contribution in [3.63, 3.8) is 0 Å². The summed E-state index contributed by atoms with van der Waals surface area (Å²) in [6, 6.07) is 5.80. The van der Waals surface area contributed by atoms with Crippen molar-refractivity contribution in [2.24, 2.45) is 0 Å². The first-order valence-electron chi connectivity index (χ1n) is 4.96. The summed E-state index contributed by atoms with van der Waals surface area (Å²) >= 11 is 1.72. The Morgan fingerprint density at radius 3 is 3.12 bits per heavy atom. The molecular weight excluding hydrogens is 224 g/mol. The van der Waals surface area contributed by atoms with Gasteiger partial charge in [0.05, 0.1) is 11.6 Å². The SMILES string of the molecule is O=C1COc2ccc(C3=CSCN3)cc2N1. The van der Waals surface area contributed by atoms with Crippen LogP contribution < -0.4 is 15.4 Å². The minimum absolute atomic E-state index is 0.100. The van der Waals surface area contributed by atoms with Crippen LogP contribution >= 0.6 is 11.8 Å². The van der Waals surface area contributed by atoms with Crippen LogP contribution in [-0.4, -0.2) is 18.4 Å². The average molecular weight is 234 g/mol. The minimum atomic E-state index is -0.104. The average Bonchev–Trinajstić information content (AvgIpc) is 2.81. The maximum Gasteiger partial charge on any atom is 0.262 e. The van der Waals surface area contributed by atoms with Crippen LogP contribution in [0.1, 0.15) is 5.56 Å². The smallest absolute Gasteiger partial charge is 0.262 e. The van der Waals surface area contributed by atoms with Gasteiger partial charge in [-0.25, -0.2) is 0 Å². The number of rotatable bonds is 1. The normalized spacial score (nSPS) is 18.0. The second-order valence-corrected chi connectivity index (χ2v) is 4.42. The van der Waals surface area contributed by atoms with E-state index in [1.165, 1.54) is 0 Å². The van der Waals surface area contributed by atoms with Crippen molar-refractivity contribution >= 4 is 29.1 Å². The van der Waals surface area contributed by atoms with Crippen LogP contribution in [0.2, 0.25) is 0 Å². The molecule has 0 saturated carbocycles. The third-order valence-corrected chi connectivity index (χ3v) is 3.18. The van der Waals surface area contributed by atoms with Gasteiger partial charge < -0.3 is 15.4 Å². The van der Waals surface area contributed by atoms with E-state index in [1.807, 2.05) is 18.2 Å². The molecule has 1 aromatic rings. The lowest BCUT2D eigenvalue weighted by atomic mass is 10.1. The van der Waals surface area contributed by atoms with Crippen molar-refractivity contribution in [2.75, 3.05) is 17.8 Å². The predicted octanol–water partition coefficient (Wildman–Crippen LogP) is 1.61. The molecule has 5 heteroatoms. The zero-order valence-electron chi connectivity index (χ0n) is 8.45. The lowest BCUT2D eigenvalue weighted by Crippen LogP contribution is -2.25. The molecule has 82 valence electrons. The van der Waals surface area contributed by atoms with E-state index in [9.17, 15) is 4.79 Å². The van der Waals surface area contributed by atoms with Gasteiger partial charge in [0.15, 0.2) is 6.61 Å². The Hall–Kier alpha value is -1.62. The molecule has 0 spiro atoms. The molecule has 1 aromatic carbocycles. The second kappa shape index (κ2) is 3.75. The number of benzene rings is 1. The number of carbonyl (C=O) groups excluding carboxylic acids is 1. The Morgan fingerprint density at radius 2 is 2.31 bits per heavy atom. The van der Waals surface area contributed by atoms with Crippen molar-refractivity contribution < 1.29 is 9.53 Å². The third kappa shape index (κ3) is 1.63. The quantitative estimate of drug-likeness (QED) is 0.775. The van der Waals surface area contributed by atoms with E-state index in [2.05, 4.69) is 16.0 Å². The molecule has 0 radical (unpaired) electrons. The van der Waals surface area contributed by atoms with Crippen LogP contribution in [0.25, 0.3) is 5.70 Å². The summed E-state index contributed by atoms with van der Waals surface area (Å²) < 4.78 is 5.30. The van der Waals surface area contributed by atoms with Crippen molar-refractivity contribution in [3.05, 3.63) is 29.2 Å². The lowest BCUT2D eigenvalue weighted by Gasteiger charge is -2.18. The van der Waals surface area contributed by atoms with Gasteiger partial charge in [-0.3, -0.25) is 4.79 Å². The number of ether oxygens (including phenoxy) is 1. The monoisotopic (exact) mass is 234 g/mol. The molecular formula is C11H10N2O2S. The molecule has 0 unspecified atom stereocenters. The highest BCUT2D eigenvalue weighted by Crippen LogP contribution is 2.32. The number of nitrogens with one attached hydrogen (secondary N) is 2. The first-order valence-corrected chi connectivity index (χ1v) is 6.00. The van der Waals surface area contributed by atoms with Crippen LogP contribution in [-0.2, 0) is 4.79 Å². The van der Waals surface area contributed by atoms with Crippen molar-refractivity contribution in [1.29, 1.82) is 0 Å². The van der Waals surface area contributed by atoms with E-state index in [4.69, 9.17) is 4.74 Å². The van der Waals surface area contributed by atoms with E-state index >= 15 is 0 Å². The summed E-state index contributed by atoms with van der Waals surface area (Å²) in [7, 11) is 0. The number of carbonyl (C=O) groups is 1. The number of thioether (sulfide) groups is 1. The molecule has 4 nitrogen and oxygen atoms in total. The predicted molar refractivity (Wildman–Crippen MR) is 64.1 cm³/mol. The highest BCUT2D eigenvalue weighted by molar-refractivity contribution is 8.02. The molecule has 2 heterocycles. The number of hydrogen-bond donors (Lipinski definition) is 2. The maximum atomic E-state index is 11.2. The van der Waals surface area contributed by atoms with Gasteiger partial charge in [0.1, 0.15) is 5.75 Å². The van der Waals surface area contributed by atoms with Crippen molar-refractivity contribution in [1.82, 2.24) is 5.32 Å². The number of anilines is 1. The molecule has 0 atom stereocenters. The van der Waals surface area contributed by atoms with E-state index in [0.717, 1.165) is 28.6 Å². The zero-order valence-corrected chi connectivity index (χ0v) is 9.26. The van der Waals surface area contributed by atoms with Gasteiger partial charge in [0, 0.05) is 11.3 Å². The van der Waals surface area contributed by atoms with Gasteiger partial charge in [-0.15, -0.1) is 11.8 Å². The lowest BCUT2D eigenvalue weighted by molar-refractivity contribution is -0.118. The van der Waals surface area contributed by atoms with Crippen molar-refractivity contribution in [3.8, 4) is 5.75 Å². The Labute approximate surface area is 97.1 Å². The van der Waals surface area contributed by atoms with Crippen molar-refractivity contribution in [2.45, 2.75) is 0 Å². The summed E-state index contributed by atoms with van der Waals surface area (Å²) in [6.07, 6.45) is 0. The summed E-state index contributed by atoms with van der Waals surface area (Å²) in [5.74, 6) is 1.52. The Kier molecular flexibility index (Phi) is 2.25. The second-order valence-electron chi connectivity index (χ2n) is 3.57. The fourth-order valence-corrected chi connectivity index (χ4v) is 2.42. The molecule has 3 rings (SSSR count). The molecule has 0 aliphatic carbocycles. The molecule has 1 amide bonds. The summed E-state index contributed by atoms with van der Waals surface area (Å²) in [5.41, 5.74) is 2.90. The molecule has 0 aromatic heterocycles. The molecule has 0 fully saturated rings. The van der Waals surface area contributed by atoms with Gasteiger partial charge in [-0.1, -0.05) is 0 Å². The number of fused-ring (bicyclic) bond motifs is 1. The first-order chi connectivity index (χ1) is 7.83. The van der Waals surface area contributed by atoms with E-state index in [0.29, 0.717) is 0 Å². The zero-order chi connectivity index (χ0) is 11.0. The van der Waals surface area contributed by atoms with Crippen LogP contribution in [0.3, 0.4) is 0 Å². The van der Waals surface area contributed by atoms with Gasteiger partial charge in [-0.2, -0.15) is 0 Å². The third-order valence-electron chi connectivity index (χ3n) is 2.47. The van der Waals surface area contributed by atoms with Crippen LogP contribution in [0, 0.1) is 0 Å². The molecule has 0 saturated heterocycles. The van der Waals surface area contributed by atoms with Crippen LogP contribution in [0.5, 0.6) is 5.75 Å². The fourth-order valence-electron chi connectivity index (χ4n) is 1.71. The number of amides is 1. The largest absolute Gasteiger partial charge is 0.482 e. The summed E-state index contributed by atoms with van der Waals surface area (Å²) in [6.45, 7) is 0.100. The van der Waals surface area contributed by atoms with Gasteiger partial charge >= 0.3 is 0 Å². The Bertz CT molecular complexity index is 485. The van der Waals surface area contributed by atoms with E-state index in [1.54, 1.807) is 11.8 Å². The minimum Gasteiger partial charge on any atom is -0.482 e. The molecule has 16 heavy (non-hydrogen) atoms. The van der Waals surface area contributed by atoms with Crippen LogP contribution in [0.15, 0.2) is 23.6 Å². The van der Waals surface area contributed by atoms with E-state index in [-0.39, 0.29) is 12.5 Å². The van der Waals surface area contributed by atoms with Gasteiger partial charge in [0.2, 0.25) is 0 Å². The topological polar surface area (TPSA) is 50.4 Å².